The number of aliphatic hydroxyl groups is 1. The SMILES string of the molecule is COc1c(C(O)Cc2ccc(Br)cc2F)c(C)nn1C. The first-order valence-corrected chi connectivity index (χ1v) is 6.92. The zero-order valence-electron chi connectivity index (χ0n) is 11.5. The average Bonchev–Trinajstić information content (AvgIpc) is 2.66. The van der Waals surface area contributed by atoms with Crippen LogP contribution in [0, 0.1) is 12.7 Å². The second kappa shape index (κ2) is 5.93. The van der Waals surface area contributed by atoms with Crippen molar-refractivity contribution in [2.75, 3.05) is 7.11 Å². The molecule has 6 heteroatoms. The summed E-state index contributed by atoms with van der Waals surface area (Å²) in [5.74, 6) is 0.145. The van der Waals surface area contributed by atoms with Crippen LogP contribution in [0.15, 0.2) is 22.7 Å². The molecule has 0 aliphatic carbocycles. The van der Waals surface area contributed by atoms with Crippen LogP contribution in [0.4, 0.5) is 4.39 Å². The zero-order valence-corrected chi connectivity index (χ0v) is 13.1. The molecule has 1 aromatic heterocycles. The van der Waals surface area contributed by atoms with Crippen molar-refractivity contribution in [1.29, 1.82) is 0 Å². The number of benzene rings is 1. The highest BCUT2D eigenvalue weighted by atomic mass is 79.9. The van der Waals surface area contributed by atoms with Gasteiger partial charge in [0.05, 0.1) is 24.5 Å². The van der Waals surface area contributed by atoms with Gasteiger partial charge in [0.1, 0.15) is 5.82 Å². The minimum Gasteiger partial charge on any atom is -0.481 e. The van der Waals surface area contributed by atoms with Crippen LogP contribution < -0.4 is 4.74 Å². The number of halogens is 2. The molecule has 0 saturated heterocycles. The van der Waals surface area contributed by atoms with Crippen LogP contribution in [-0.4, -0.2) is 22.0 Å². The van der Waals surface area contributed by atoms with Crippen LogP contribution >= 0.6 is 15.9 Å². The van der Waals surface area contributed by atoms with Gasteiger partial charge in [-0.05, 0) is 24.6 Å². The monoisotopic (exact) mass is 342 g/mol. The lowest BCUT2D eigenvalue weighted by Crippen LogP contribution is -2.06. The highest BCUT2D eigenvalue weighted by Gasteiger charge is 2.22. The van der Waals surface area contributed by atoms with Crippen molar-refractivity contribution < 1.29 is 14.2 Å². The van der Waals surface area contributed by atoms with Crippen LogP contribution in [0.25, 0.3) is 0 Å². The van der Waals surface area contributed by atoms with Crippen molar-refractivity contribution in [1.82, 2.24) is 9.78 Å². The number of hydrogen-bond donors (Lipinski definition) is 1. The highest BCUT2D eigenvalue weighted by molar-refractivity contribution is 9.10. The maximum Gasteiger partial charge on any atom is 0.217 e. The number of hydrogen-bond acceptors (Lipinski definition) is 3. The van der Waals surface area contributed by atoms with Gasteiger partial charge in [0, 0.05) is 17.9 Å². The van der Waals surface area contributed by atoms with Crippen molar-refractivity contribution in [3.63, 3.8) is 0 Å². The van der Waals surface area contributed by atoms with E-state index in [0.717, 1.165) is 0 Å². The Labute approximate surface area is 125 Å². The van der Waals surface area contributed by atoms with Crippen molar-refractivity contribution in [2.24, 2.45) is 7.05 Å². The molecular weight excluding hydrogens is 327 g/mol. The third kappa shape index (κ3) is 2.86. The van der Waals surface area contributed by atoms with E-state index in [1.54, 1.807) is 30.8 Å². The third-order valence-corrected chi connectivity index (χ3v) is 3.66. The van der Waals surface area contributed by atoms with E-state index in [9.17, 15) is 9.50 Å². The molecular formula is C14H16BrFN2O2. The molecule has 1 heterocycles. The van der Waals surface area contributed by atoms with E-state index in [4.69, 9.17) is 4.74 Å². The summed E-state index contributed by atoms with van der Waals surface area (Å²) in [5.41, 5.74) is 1.72. The predicted octanol–water partition coefficient (Wildman–Crippen LogP) is 2.91. The number of aromatic nitrogens is 2. The predicted molar refractivity (Wildman–Crippen MR) is 77.3 cm³/mol. The van der Waals surface area contributed by atoms with Crippen LogP contribution in [0.1, 0.15) is 22.9 Å². The summed E-state index contributed by atoms with van der Waals surface area (Å²) in [6, 6.07) is 4.79. The van der Waals surface area contributed by atoms with E-state index < -0.39 is 6.10 Å². The summed E-state index contributed by atoms with van der Waals surface area (Å²) in [5, 5.41) is 14.6. The second-order valence-corrected chi connectivity index (χ2v) is 5.50. The van der Waals surface area contributed by atoms with Crippen molar-refractivity contribution in [2.45, 2.75) is 19.4 Å². The van der Waals surface area contributed by atoms with Gasteiger partial charge in [-0.3, -0.25) is 0 Å². The molecule has 0 saturated carbocycles. The smallest absolute Gasteiger partial charge is 0.217 e. The third-order valence-electron chi connectivity index (χ3n) is 3.17. The summed E-state index contributed by atoms with van der Waals surface area (Å²) in [7, 11) is 3.26. The molecule has 0 fully saturated rings. The van der Waals surface area contributed by atoms with E-state index in [1.807, 2.05) is 0 Å². The van der Waals surface area contributed by atoms with Crippen molar-refractivity contribution in [3.8, 4) is 5.88 Å². The number of ether oxygens (including phenoxy) is 1. The molecule has 0 aliphatic heterocycles. The van der Waals surface area contributed by atoms with Gasteiger partial charge < -0.3 is 9.84 Å². The van der Waals surface area contributed by atoms with Crippen LogP contribution in [0.5, 0.6) is 5.88 Å². The Kier molecular flexibility index (Phi) is 4.45. The van der Waals surface area contributed by atoms with Crippen LogP contribution in [0.2, 0.25) is 0 Å². The topological polar surface area (TPSA) is 47.3 Å². The molecule has 1 aromatic carbocycles. The maximum absolute atomic E-state index is 13.8. The van der Waals surface area contributed by atoms with Gasteiger partial charge in [-0.25, -0.2) is 9.07 Å². The Morgan fingerprint density at radius 2 is 2.20 bits per heavy atom. The molecule has 4 nitrogen and oxygen atoms in total. The Bertz CT molecular complexity index is 628. The molecule has 2 rings (SSSR count). The number of aryl methyl sites for hydroxylation is 2. The molecule has 1 N–H and O–H groups in total. The van der Waals surface area contributed by atoms with Crippen molar-refractivity contribution >= 4 is 15.9 Å². The highest BCUT2D eigenvalue weighted by Crippen LogP contribution is 2.31. The van der Waals surface area contributed by atoms with Gasteiger partial charge in [-0.2, -0.15) is 5.10 Å². The van der Waals surface area contributed by atoms with E-state index >= 15 is 0 Å². The molecule has 0 amide bonds. The summed E-state index contributed by atoms with van der Waals surface area (Å²) < 4.78 is 21.3. The lowest BCUT2D eigenvalue weighted by Gasteiger charge is -2.13. The van der Waals surface area contributed by atoms with Gasteiger partial charge in [-0.1, -0.05) is 22.0 Å². The van der Waals surface area contributed by atoms with Gasteiger partial charge in [0.15, 0.2) is 0 Å². The van der Waals surface area contributed by atoms with E-state index in [2.05, 4.69) is 21.0 Å². The Balaban J connectivity index is 2.30. The molecule has 0 radical (unpaired) electrons. The standard InChI is InChI=1S/C14H16BrFN2O2/c1-8-13(14(20-3)18(2)17-8)12(19)6-9-4-5-10(15)7-11(9)16/h4-5,7,12,19H,6H2,1-3H3. The van der Waals surface area contributed by atoms with Crippen molar-refractivity contribution in [3.05, 3.63) is 45.3 Å². The number of aliphatic hydroxyl groups excluding tert-OH is 1. The lowest BCUT2D eigenvalue weighted by molar-refractivity contribution is 0.171. The van der Waals surface area contributed by atoms with Gasteiger partial charge >= 0.3 is 0 Å². The first-order chi connectivity index (χ1) is 9.43. The summed E-state index contributed by atoms with van der Waals surface area (Å²) in [4.78, 5) is 0. The second-order valence-electron chi connectivity index (χ2n) is 4.59. The first-order valence-electron chi connectivity index (χ1n) is 6.13. The molecule has 0 spiro atoms. The van der Waals surface area contributed by atoms with Gasteiger partial charge in [-0.15, -0.1) is 0 Å². The zero-order chi connectivity index (χ0) is 14.9. The normalized spacial score (nSPS) is 12.5. The molecule has 108 valence electrons. The van der Waals surface area contributed by atoms with Crippen LogP contribution in [-0.2, 0) is 13.5 Å². The summed E-state index contributed by atoms with van der Waals surface area (Å²) in [6.07, 6.45) is -0.698. The van der Waals surface area contributed by atoms with E-state index in [1.165, 1.54) is 13.2 Å². The number of rotatable bonds is 4. The number of methoxy groups -OCH3 is 1. The Morgan fingerprint density at radius 1 is 1.50 bits per heavy atom. The van der Waals surface area contributed by atoms with Crippen LogP contribution in [0.3, 0.4) is 0 Å². The average molecular weight is 343 g/mol. The minimum absolute atomic E-state index is 0.169. The number of nitrogens with zero attached hydrogens (tertiary/aromatic N) is 2. The first kappa shape index (κ1) is 15.0. The quantitative estimate of drug-likeness (QED) is 0.929. The fourth-order valence-corrected chi connectivity index (χ4v) is 2.61. The largest absolute Gasteiger partial charge is 0.481 e. The molecule has 2 aromatic rings. The Hall–Kier alpha value is -1.40. The molecule has 1 atom stereocenters. The van der Waals surface area contributed by atoms with E-state index in [0.29, 0.717) is 27.2 Å². The molecule has 1 unspecified atom stereocenters. The minimum atomic E-state index is -0.866. The van der Waals surface area contributed by atoms with Gasteiger partial charge in [0.25, 0.3) is 0 Å². The summed E-state index contributed by atoms with van der Waals surface area (Å²) in [6.45, 7) is 1.79. The fraction of sp³-hybridized carbons (Fsp3) is 0.357. The van der Waals surface area contributed by atoms with Gasteiger partial charge in [0.2, 0.25) is 5.88 Å². The molecule has 0 aliphatic rings. The molecule has 0 bridgehead atoms. The summed E-state index contributed by atoms with van der Waals surface area (Å²) >= 11 is 3.21. The fourth-order valence-electron chi connectivity index (χ4n) is 2.28. The lowest BCUT2D eigenvalue weighted by atomic mass is 10.0. The van der Waals surface area contributed by atoms with E-state index in [-0.39, 0.29) is 12.2 Å². The maximum atomic E-state index is 13.8. The molecule has 20 heavy (non-hydrogen) atoms. The Morgan fingerprint density at radius 3 is 2.80 bits per heavy atom.